The zero-order valence-electron chi connectivity index (χ0n) is 11.6. The van der Waals surface area contributed by atoms with Crippen LogP contribution in [-0.4, -0.2) is 35.4 Å². The fourth-order valence-electron chi connectivity index (χ4n) is 1.73. The molecule has 0 bridgehead atoms. The summed E-state index contributed by atoms with van der Waals surface area (Å²) in [5.41, 5.74) is 0. The van der Waals surface area contributed by atoms with Crippen molar-refractivity contribution in [1.82, 2.24) is 15.0 Å². The zero-order chi connectivity index (χ0) is 14.7. The van der Waals surface area contributed by atoms with Crippen molar-refractivity contribution in [2.75, 3.05) is 25.8 Å². The standard InChI is InChI=1S/C13H14N4O4/c1-3-18-12-15-11(14-2)16-13(17-12)21-8-4-5-9-10(6-8)20-7-19-9/h4-6H,3,7H2,1-2H3,(H,14,15,16,17). The van der Waals surface area contributed by atoms with Crippen LogP contribution in [0.1, 0.15) is 6.92 Å². The molecule has 1 N–H and O–H groups in total. The third-order valence-electron chi connectivity index (χ3n) is 2.64. The summed E-state index contributed by atoms with van der Waals surface area (Å²) in [7, 11) is 1.70. The Labute approximate surface area is 121 Å². The van der Waals surface area contributed by atoms with Crippen molar-refractivity contribution >= 4 is 5.95 Å². The number of hydrogen-bond donors (Lipinski definition) is 1. The van der Waals surface area contributed by atoms with E-state index in [1.807, 2.05) is 6.92 Å². The van der Waals surface area contributed by atoms with Gasteiger partial charge in [0.15, 0.2) is 11.5 Å². The minimum absolute atomic E-state index is 0.136. The van der Waals surface area contributed by atoms with Gasteiger partial charge in [-0.3, -0.25) is 0 Å². The average Bonchev–Trinajstić information content (AvgIpc) is 2.95. The van der Waals surface area contributed by atoms with E-state index in [0.717, 1.165) is 0 Å². The number of hydrogen-bond acceptors (Lipinski definition) is 8. The van der Waals surface area contributed by atoms with Crippen LogP contribution in [0.5, 0.6) is 29.3 Å². The third kappa shape index (κ3) is 2.88. The van der Waals surface area contributed by atoms with E-state index in [1.165, 1.54) is 0 Å². The lowest BCUT2D eigenvalue weighted by Gasteiger charge is -2.08. The Balaban J connectivity index is 1.85. The minimum Gasteiger partial charge on any atom is -0.464 e. The maximum atomic E-state index is 5.62. The second kappa shape index (κ2) is 5.70. The van der Waals surface area contributed by atoms with Gasteiger partial charge in [0.2, 0.25) is 12.7 Å². The normalized spacial score (nSPS) is 12.1. The van der Waals surface area contributed by atoms with Crippen molar-refractivity contribution in [2.45, 2.75) is 6.92 Å². The summed E-state index contributed by atoms with van der Waals surface area (Å²) in [5.74, 6) is 2.21. The molecule has 0 atom stereocenters. The van der Waals surface area contributed by atoms with Crippen molar-refractivity contribution in [1.29, 1.82) is 0 Å². The van der Waals surface area contributed by atoms with Crippen LogP contribution in [0.2, 0.25) is 0 Å². The Bertz CT molecular complexity index is 650. The Hall–Kier alpha value is -2.77. The molecule has 1 aromatic heterocycles. The van der Waals surface area contributed by atoms with Gasteiger partial charge in [0, 0.05) is 13.1 Å². The maximum absolute atomic E-state index is 5.62. The predicted octanol–water partition coefficient (Wildman–Crippen LogP) is 1.83. The number of benzene rings is 1. The molecule has 3 rings (SSSR count). The highest BCUT2D eigenvalue weighted by Gasteiger charge is 2.15. The van der Waals surface area contributed by atoms with Crippen molar-refractivity contribution in [3.05, 3.63) is 18.2 Å². The highest BCUT2D eigenvalue weighted by atomic mass is 16.7. The first kappa shape index (κ1) is 13.2. The van der Waals surface area contributed by atoms with E-state index in [9.17, 15) is 0 Å². The topological polar surface area (TPSA) is 87.6 Å². The van der Waals surface area contributed by atoms with E-state index in [4.69, 9.17) is 18.9 Å². The molecule has 21 heavy (non-hydrogen) atoms. The molecular formula is C13H14N4O4. The molecule has 0 saturated heterocycles. The first-order chi connectivity index (χ1) is 10.3. The molecule has 0 aliphatic carbocycles. The van der Waals surface area contributed by atoms with Crippen molar-refractivity contribution < 1.29 is 18.9 Å². The van der Waals surface area contributed by atoms with Crippen LogP contribution in [0.15, 0.2) is 18.2 Å². The monoisotopic (exact) mass is 290 g/mol. The van der Waals surface area contributed by atoms with Crippen molar-refractivity contribution in [2.24, 2.45) is 0 Å². The second-order valence-electron chi connectivity index (χ2n) is 4.02. The van der Waals surface area contributed by atoms with Gasteiger partial charge in [-0.1, -0.05) is 0 Å². The fourth-order valence-corrected chi connectivity index (χ4v) is 1.73. The number of ether oxygens (including phenoxy) is 4. The average molecular weight is 290 g/mol. The highest BCUT2D eigenvalue weighted by Crippen LogP contribution is 2.36. The molecular weight excluding hydrogens is 276 g/mol. The summed E-state index contributed by atoms with van der Waals surface area (Å²) in [4.78, 5) is 12.3. The lowest BCUT2D eigenvalue weighted by atomic mass is 10.3. The van der Waals surface area contributed by atoms with E-state index >= 15 is 0 Å². The van der Waals surface area contributed by atoms with Crippen LogP contribution in [-0.2, 0) is 0 Å². The van der Waals surface area contributed by atoms with Crippen molar-refractivity contribution in [3.8, 4) is 29.3 Å². The summed E-state index contributed by atoms with van der Waals surface area (Å²) < 4.78 is 21.4. The molecule has 0 saturated carbocycles. The van der Waals surface area contributed by atoms with E-state index in [2.05, 4.69) is 20.3 Å². The first-order valence-electron chi connectivity index (χ1n) is 6.42. The number of nitrogens with one attached hydrogen (secondary N) is 1. The van der Waals surface area contributed by atoms with Gasteiger partial charge in [0.1, 0.15) is 5.75 Å². The van der Waals surface area contributed by atoms with Crippen LogP contribution in [0, 0.1) is 0 Å². The smallest absolute Gasteiger partial charge is 0.330 e. The fraction of sp³-hybridized carbons (Fsp3) is 0.308. The molecule has 2 heterocycles. The van der Waals surface area contributed by atoms with Crippen molar-refractivity contribution in [3.63, 3.8) is 0 Å². The van der Waals surface area contributed by atoms with E-state index < -0.39 is 0 Å². The minimum atomic E-state index is 0.136. The lowest BCUT2D eigenvalue weighted by Crippen LogP contribution is -2.05. The summed E-state index contributed by atoms with van der Waals surface area (Å²) in [6.45, 7) is 2.51. The van der Waals surface area contributed by atoms with Crippen LogP contribution in [0.25, 0.3) is 0 Å². The lowest BCUT2D eigenvalue weighted by molar-refractivity contribution is 0.174. The Morgan fingerprint density at radius 3 is 2.76 bits per heavy atom. The molecule has 0 spiro atoms. The van der Waals surface area contributed by atoms with Crippen LogP contribution < -0.4 is 24.3 Å². The van der Waals surface area contributed by atoms with E-state index in [-0.39, 0.29) is 18.8 Å². The third-order valence-corrected chi connectivity index (χ3v) is 2.64. The predicted molar refractivity (Wildman–Crippen MR) is 73.2 cm³/mol. The molecule has 1 aliphatic rings. The van der Waals surface area contributed by atoms with Gasteiger partial charge in [-0.05, 0) is 19.1 Å². The molecule has 0 fully saturated rings. The number of anilines is 1. The largest absolute Gasteiger partial charge is 0.464 e. The summed E-state index contributed by atoms with van der Waals surface area (Å²) in [5, 5.41) is 2.83. The molecule has 110 valence electrons. The second-order valence-corrected chi connectivity index (χ2v) is 4.02. The first-order valence-corrected chi connectivity index (χ1v) is 6.42. The van der Waals surface area contributed by atoms with Gasteiger partial charge in [0.25, 0.3) is 0 Å². The number of fused-ring (bicyclic) bond motifs is 1. The maximum Gasteiger partial charge on any atom is 0.330 e. The number of rotatable bonds is 5. The molecule has 0 unspecified atom stereocenters. The summed E-state index contributed by atoms with van der Waals surface area (Å²) in [6.07, 6.45) is 0. The molecule has 0 amide bonds. The molecule has 1 aliphatic heterocycles. The molecule has 8 heteroatoms. The number of aromatic nitrogens is 3. The number of nitrogens with zero attached hydrogens (tertiary/aromatic N) is 3. The van der Waals surface area contributed by atoms with E-state index in [0.29, 0.717) is 29.8 Å². The van der Waals surface area contributed by atoms with E-state index in [1.54, 1.807) is 25.2 Å². The quantitative estimate of drug-likeness (QED) is 0.892. The van der Waals surface area contributed by atoms with Gasteiger partial charge < -0.3 is 24.3 Å². The Morgan fingerprint density at radius 2 is 1.95 bits per heavy atom. The molecule has 8 nitrogen and oxygen atoms in total. The Morgan fingerprint density at radius 1 is 1.14 bits per heavy atom. The zero-order valence-corrected chi connectivity index (χ0v) is 11.6. The molecule has 1 aromatic carbocycles. The van der Waals surface area contributed by atoms with Gasteiger partial charge >= 0.3 is 12.0 Å². The van der Waals surface area contributed by atoms with Gasteiger partial charge in [-0.25, -0.2) is 0 Å². The molecule has 2 aromatic rings. The van der Waals surface area contributed by atoms with Crippen LogP contribution >= 0.6 is 0 Å². The van der Waals surface area contributed by atoms with Crippen LogP contribution in [0.3, 0.4) is 0 Å². The highest BCUT2D eigenvalue weighted by molar-refractivity contribution is 5.47. The summed E-state index contributed by atoms with van der Waals surface area (Å²) in [6, 6.07) is 5.56. The summed E-state index contributed by atoms with van der Waals surface area (Å²) >= 11 is 0. The van der Waals surface area contributed by atoms with Gasteiger partial charge in [-0.2, -0.15) is 9.97 Å². The van der Waals surface area contributed by atoms with Gasteiger partial charge in [-0.15, -0.1) is 4.98 Å². The Kier molecular flexibility index (Phi) is 3.59. The van der Waals surface area contributed by atoms with Crippen LogP contribution in [0.4, 0.5) is 5.95 Å². The SMILES string of the molecule is CCOc1nc(NC)nc(Oc2ccc3c(c2)OCO3)n1. The molecule has 0 radical (unpaired) electrons. The van der Waals surface area contributed by atoms with Gasteiger partial charge in [0.05, 0.1) is 6.61 Å².